The summed E-state index contributed by atoms with van der Waals surface area (Å²) in [6.07, 6.45) is 0. The Morgan fingerprint density at radius 2 is 1.88 bits per heavy atom. The zero-order valence-corrected chi connectivity index (χ0v) is 16.0. The second-order valence-electron chi connectivity index (χ2n) is 6.27. The molecule has 0 atom stereocenters. The van der Waals surface area contributed by atoms with Gasteiger partial charge in [0, 0.05) is 24.0 Å². The van der Waals surface area contributed by atoms with E-state index < -0.39 is 0 Å². The van der Waals surface area contributed by atoms with E-state index in [1.165, 1.54) is 5.56 Å². The Kier molecular flexibility index (Phi) is 5.11. The lowest BCUT2D eigenvalue weighted by atomic mass is 10.2. The molecular weight excluding hydrogens is 368 g/mol. The van der Waals surface area contributed by atoms with Gasteiger partial charge in [-0.2, -0.15) is 0 Å². The van der Waals surface area contributed by atoms with Gasteiger partial charge in [0.15, 0.2) is 11.5 Å². The summed E-state index contributed by atoms with van der Waals surface area (Å²) in [6, 6.07) is 13.9. The van der Waals surface area contributed by atoms with Gasteiger partial charge in [0.25, 0.3) is 0 Å². The van der Waals surface area contributed by atoms with Crippen LogP contribution in [-0.2, 0) is 13.1 Å². The molecule has 1 aliphatic rings. The molecule has 0 fully saturated rings. The highest BCUT2D eigenvalue weighted by Crippen LogP contribution is 2.32. The van der Waals surface area contributed by atoms with Crippen molar-refractivity contribution >= 4 is 22.9 Å². The van der Waals surface area contributed by atoms with Crippen LogP contribution in [0.5, 0.6) is 11.5 Å². The molecule has 0 saturated carbocycles. The van der Waals surface area contributed by atoms with Crippen LogP contribution in [0.1, 0.15) is 11.3 Å². The summed E-state index contributed by atoms with van der Waals surface area (Å²) >= 11 is 7.90. The largest absolute Gasteiger partial charge is 0.486 e. The minimum atomic E-state index is 0.607. The minimum Gasteiger partial charge on any atom is -0.486 e. The monoisotopic (exact) mass is 386 g/mol. The standard InChI is InChI=1S/C20H19ClN2O2S/c1-23(11-14-6-7-18-19(10-14)25-9-8-24-18)12-15-13-26-20(22-15)16-4-2-3-5-17(16)21/h2-7,10,13H,8-9,11-12H2,1H3. The Balaban J connectivity index is 1.42. The smallest absolute Gasteiger partial charge is 0.161 e. The SMILES string of the molecule is CN(Cc1ccc2c(c1)OCCO2)Cc1csc(-c2ccccc2Cl)n1. The van der Waals surface area contributed by atoms with Crippen molar-refractivity contribution in [1.82, 2.24) is 9.88 Å². The van der Waals surface area contributed by atoms with E-state index in [9.17, 15) is 0 Å². The molecule has 0 unspecified atom stereocenters. The molecule has 0 bridgehead atoms. The first kappa shape index (κ1) is 17.3. The average molecular weight is 387 g/mol. The third kappa shape index (κ3) is 3.85. The zero-order valence-electron chi connectivity index (χ0n) is 14.4. The van der Waals surface area contributed by atoms with Crippen molar-refractivity contribution in [1.29, 1.82) is 0 Å². The van der Waals surface area contributed by atoms with Gasteiger partial charge in [0.1, 0.15) is 18.2 Å². The van der Waals surface area contributed by atoms with Gasteiger partial charge in [0.05, 0.1) is 10.7 Å². The van der Waals surface area contributed by atoms with Crippen LogP contribution < -0.4 is 9.47 Å². The molecule has 0 N–H and O–H groups in total. The van der Waals surface area contributed by atoms with E-state index in [0.29, 0.717) is 13.2 Å². The van der Waals surface area contributed by atoms with Gasteiger partial charge in [-0.15, -0.1) is 11.3 Å². The second kappa shape index (κ2) is 7.66. The average Bonchev–Trinajstić information content (AvgIpc) is 3.10. The predicted molar refractivity (Wildman–Crippen MR) is 105 cm³/mol. The summed E-state index contributed by atoms with van der Waals surface area (Å²) in [4.78, 5) is 6.97. The van der Waals surface area contributed by atoms with E-state index in [-0.39, 0.29) is 0 Å². The maximum Gasteiger partial charge on any atom is 0.161 e. The lowest BCUT2D eigenvalue weighted by Crippen LogP contribution is -2.18. The first-order valence-corrected chi connectivity index (χ1v) is 9.71. The normalized spacial score (nSPS) is 13.2. The summed E-state index contributed by atoms with van der Waals surface area (Å²) in [7, 11) is 2.09. The highest BCUT2D eigenvalue weighted by atomic mass is 35.5. The van der Waals surface area contributed by atoms with E-state index in [1.54, 1.807) is 11.3 Å². The van der Waals surface area contributed by atoms with Gasteiger partial charge in [-0.05, 0) is 30.8 Å². The fourth-order valence-corrected chi connectivity index (χ4v) is 4.10. The zero-order chi connectivity index (χ0) is 17.9. The van der Waals surface area contributed by atoms with Crippen LogP contribution in [0.2, 0.25) is 5.02 Å². The van der Waals surface area contributed by atoms with Gasteiger partial charge in [0.2, 0.25) is 0 Å². The Labute approximate surface area is 162 Å². The predicted octanol–water partition coefficient (Wildman–Crippen LogP) is 4.87. The molecule has 4 rings (SSSR count). The van der Waals surface area contributed by atoms with E-state index in [1.807, 2.05) is 30.3 Å². The van der Waals surface area contributed by atoms with Crippen LogP contribution in [-0.4, -0.2) is 30.1 Å². The van der Waals surface area contributed by atoms with Crippen LogP contribution >= 0.6 is 22.9 Å². The number of hydrogen-bond donors (Lipinski definition) is 0. The second-order valence-corrected chi connectivity index (χ2v) is 7.54. The first-order valence-electron chi connectivity index (χ1n) is 8.45. The lowest BCUT2D eigenvalue weighted by molar-refractivity contribution is 0.171. The van der Waals surface area contributed by atoms with Crippen LogP contribution in [0.3, 0.4) is 0 Å². The van der Waals surface area contributed by atoms with Crippen molar-refractivity contribution in [3.05, 3.63) is 64.1 Å². The summed E-state index contributed by atoms with van der Waals surface area (Å²) in [5.41, 5.74) is 3.23. The van der Waals surface area contributed by atoms with Crippen LogP contribution in [0.25, 0.3) is 10.6 Å². The van der Waals surface area contributed by atoms with Gasteiger partial charge in [-0.3, -0.25) is 4.90 Å². The Hall–Kier alpha value is -2.08. The number of ether oxygens (including phenoxy) is 2. The van der Waals surface area contributed by atoms with Crippen molar-refractivity contribution in [3.63, 3.8) is 0 Å². The molecule has 0 amide bonds. The first-order chi connectivity index (χ1) is 12.7. The van der Waals surface area contributed by atoms with E-state index in [0.717, 1.165) is 45.9 Å². The number of fused-ring (bicyclic) bond motifs is 1. The number of nitrogens with zero attached hydrogens (tertiary/aromatic N) is 2. The van der Waals surface area contributed by atoms with E-state index >= 15 is 0 Å². The number of thiazole rings is 1. The van der Waals surface area contributed by atoms with Gasteiger partial charge >= 0.3 is 0 Å². The van der Waals surface area contributed by atoms with E-state index in [2.05, 4.69) is 29.5 Å². The van der Waals surface area contributed by atoms with Crippen LogP contribution in [0, 0.1) is 0 Å². The Bertz CT molecular complexity index is 912. The van der Waals surface area contributed by atoms with E-state index in [4.69, 9.17) is 26.1 Å². The Morgan fingerprint density at radius 3 is 2.73 bits per heavy atom. The molecule has 2 aromatic carbocycles. The molecule has 2 heterocycles. The van der Waals surface area contributed by atoms with Crippen LogP contribution in [0.15, 0.2) is 47.8 Å². The fourth-order valence-electron chi connectivity index (χ4n) is 2.97. The molecule has 0 saturated heterocycles. The number of aromatic nitrogens is 1. The highest BCUT2D eigenvalue weighted by molar-refractivity contribution is 7.13. The van der Waals surface area contributed by atoms with Crippen molar-refractivity contribution in [2.75, 3.05) is 20.3 Å². The van der Waals surface area contributed by atoms with Gasteiger partial charge < -0.3 is 9.47 Å². The van der Waals surface area contributed by atoms with Gasteiger partial charge in [-0.1, -0.05) is 35.9 Å². The summed E-state index contributed by atoms with van der Waals surface area (Å²) < 4.78 is 11.2. The number of halogens is 1. The molecule has 3 aromatic rings. The molecule has 0 radical (unpaired) electrons. The quantitative estimate of drug-likeness (QED) is 0.626. The Morgan fingerprint density at radius 1 is 1.08 bits per heavy atom. The summed E-state index contributed by atoms with van der Waals surface area (Å²) in [5.74, 6) is 1.66. The number of benzene rings is 2. The molecule has 26 heavy (non-hydrogen) atoms. The highest BCUT2D eigenvalue weighted by Gasteiger charge is 2.13. The minimum absolute atomic E-state index is 0.607. The molecule has 4 nitrogen and oxygen atoms in total. The molecule has 6 heteroatoms. The van der Waals surface area contributed by atoms with Crippen molar-refractivity contribution in [2.45, 2.75) is 13.1 Å². The molecular formula is C20H19ClN2O2S. The molecule has 1 aliphatic heterocycles. The summed E-state index contributed by atoms with van der Waals surface area (Å²) in [5, 5.41) is 3.79. The third-order valence-corrected chi connectivity index (χ3v) is 5.40. The van der Waals surface area contributed by atoms with Crippen molar-refractivity contribution < 1.29 is 9.47 Å². The molecule has 1 aromatic heterocycles. The number of rotatable bonds is 5. The fraction of sp³-hybridized carbons (Fsp3) is 0.250. The van der Waals surface area contributed by atoms with Crippen molar-refractivity contribution in [2.24, 2.45) is 0 Å². The number of hydrogen-bond acceptors (Lipinski definition) is 5. The molecule has 0 spiro atoms. The van der Waals surface area contributed by atoms with Gasteiger partial charge in [-0.25, -0.2) is 4.98 Å². The molecule has 134 valence electrons. The molecule has 0 aliphatic carbocycles. The van der Waals surface area contributed by atoms with Crippen molar-refractivity contribution in [3.8, 4) is 22.1 Å². The third-order valence-electron chi connectivity index (χ3n) is 4.15. The topological polar surface area (TPSA) is 34.6 Å². The van der Waals surface area contributed by atoms with Crippen LogP contribution in [0.4, 0.5) is 0 Å². The lowest BCUT2D eigenvalue weighted by Gasteiger charge is -2.20. The maximum absolute atomic E-state index is 6.27. The summed E-state index contributed by atoms with van der Waals surface area (Å²) in [6.45, 7) is 2.81. The maximum atomic E-state index is 6.27.